The Morgan fingerprint density at radius 3 is 1.94 bits per heavy atom. The van der Waals surface area contributed by atoms with Gasteiger partial charge < -0.3 is 26.3 Å². The summed E-state index contributed by atoms with van der Waals surface area (Å²) in [4.78, 5) is 37.2. The lowest BCUT2D eigenvalue weighted by Gasteiger charge is -2.21. The second kappa shape index (κ2) is 10.2. The summed E-state index contributed by atoms with van der Waals surface area (Å²) in [5, 5.41) is 24.0. The van der Waals surface area contributed by atoms with E-state index < -0.39 is 29.7 Å². The molecule has 8 nitrogen and oxygen atoms in total. The highest BCUT2D eigenvalue weighted by molar-refractivity contribution is 6.11. The van der Waals surface area contributed by atoms with Gasteiger partial charge in [-0.3, -0.25) is 15.0 Å². The van der Waals surface area contributed by atoms with Crippen LogP contribution in [0.1, 0.15) is 45.9 Å². The third-order valence-corrected chi connectivity index (χ3v) is 5.13. The van der Waals surface area contributed by atoms with Crippen molar-refractivity contribution in [2.75, 3.05) is 5.32 Å². The van der Waals surface area contributed by atoms with E-state index >= 15 is 0 Å². The van der Waals surface area contributed by atoms with Crippen molar-refractivity contribution in [1.82, 2.24) is 5.32 Å². The van der Waals surface area contributed by atoms with Gasteiger partial charge in [-0.15, -0.1) is 0 Å². The van der Waals surface area contributed by atoms with Crippen LogP contribution in [0, 0.1) is 5.41 Å². The molecule has 3 aromatic rings. The molecular formula is C25H23N4O4-. The summed E-state index contributed by atoms with van der Waals surface area (Å²) in [6, 6.07) is 20.6. The van der Waals surface area contributed by atoms with Gasteiger partial charge in [0.1, 0.15) is 11.8 Å². The number of nitrogens with one attached hydrogen (secondary N) is 3. The first kappa shape index (κ1) is 23.2. The zero-order valence-corrected chi connectivity index (χ0v) is 17.9. The largest absolute Gasteiger partial charge is 0.545 e. The molecular weight excluding hydrogens is 420 g/mol. The molecule has 168 valence electrons. The van der Waals surface area contributed by atoms with E-state index in [1.165, 1.54) is 12.1 Å². The van der Waals surface area contributed by atoms with E-state index in [0.29, 0.717) is 22.4 Å². The standard InChI is InChI=1S/C25H24N4O4/c1-15(16-7-9-19(10-8-16)25(32)33)28-23(30)21(17-5-3-2-4-6-17)24(31)29-20-13-11-18(12-14-20)22(26)27/h2-15,21H,1H3,(H3,26,27)(H,28,30)(H,29,31)(H,32,33)/p-1. The summed E-state index contributed by atoms with van der Waals surface area (Å²) in [6.07, 6.45) is 0. The summed E-state index contributed by atoms with van der Waals surface area (Å²) in [5.74, 6) is -3.51. The van der Waals surface area contributed by atoms with Crippen molar-refractivity contribution in [3.63, 3.8) is 0 Å². The van der Waals surface area contributed by atoms with Gasteiger partial charge in [0.15, 0.2) is 0 Å². The predicted molar refractivity (Wildman–Crippen MR) is 123 cm³/mol. The number of amidine groups is 1. The average molecular weight is 443 g/mol. The van der Waals surface area contributed by atoms with Gasteiger partial charge in [-0.25, -0.2) is 0 Å². The Morgan fingerprint density at radius 1 is 0.818 bits per heavy atom. The normalized spacial score (nSPS) is 12.3. The molecule has 0 fully saturated rings. The molecule has 0 spiro atoms. The number of rotatable bonds is 8. The molecule has 0 aromatic heterocycles. The predicted octanol–water partition coefficient (Wildman–Crippen LogP) is 1.93. The highest BCUT2D eigenvalue weighted by Crippen LogP contribution is 2.22. The van der Waals surface area contributed by atoms with Crippen molar-refractivity contribution >= 4 is 29.3 Å². The van der Waals surface area contributed by atoms with E-state index in [9.17, 15) is 19.5 Å². The number of anilines is 1. The molecule has 0 saturated carbocycles. The minimum absolute atomic E-state index is 0.0367. The molecule has 0 aliphatic heterocycles. The van der Waals surface area contributed by atoms with Crippen LogP contribution in [0.4, 0.5) is 5.69 Å². The lowest BCUT2D eigenvalue weighted by Crippen LogP contribution is -2.37. The van der Waals surface area contributed by atoms with Crippen LogP contribution in [0.25, 0.3) is 0 Å². The minimum Gasteiger partial charge on any atom is -0.545 e. The highest BCUT2D eigenvalue weighted by atomic mass is 16.4. The number of carbonyl (C=O) groups is 3. The number of carboxylic acids is 1. The molecule has 0 heterocycles. The van der Waals surface area contributed by atoms with Crippen LogP contribution in [0.2, 0.25) is 0 Å². The van der Waals surface area contributed by atoms with Gasteiger partial charge in [0.2, 0.25) is 11.8 Å². The molecule has 33 heavy (non-hydrogen) atoms. The number of carboxylic acid groups (broad SMARTS) is 1. The number of carbonyl (C=O) groups excluding carboxylic acids is 3. The van der Waals surface area contributed by atoms with Crippen molar-refractivity contribution in [2.24, 2.45) is 5.73 Å². The monoisotopic (exact) mass is 443 g/mol. The maximum absolute atomic E-state index is 13.2. The van der Waals surface area contributed by atoms with E-state index in [2.05, 4.69) is 10.6 Å². The fourth-order valence-electron chi connectivity index (χ4n) is 3.30. The van der Waals surface area contributed by atoms with Crippen molar-refractivity contribution < 1.29 is 19.5 Å². The Hall–Kier alpha value is -4.46. The first-order valence-corrected chi connectivity index (χ1v) is 10.2. The van der Waals surface area contributed by atoms with Crippen LogP contribution in [-0.4, -0.2) is 23.6 Å². The van der Waals surface area contributed by atoms with Gasteiger partial charge in [-0.2, -0.15) is 0 Å². The van der Waals surface area contributed by atoms with Crippen molar-refractivity contribution in [3.8, 4) is 0 Å². The average Bonchev–Trinajstić information content (AvgIpc) is 2.80. The van der Waals surface area contributed by atoms with E-state index in [1.54, 1.807) is 73.7 Å². The molecule has 5 N–H and O–H groups in total. The van der Waals surface area contributed by atoms with Crippen molar-refractivity contribution in [1.29, 1.82) is 5.41 Å². The summed E-state index contributed by atoms with van der Waals surface area (Å²) in [6.45, 7) is 1.74. The maximum Gasteiger partial charge on any atom is 0.241 e. The Labute approximate surface area is 191 Å². The van der Waals surface area contributed by atoms with Gasteiger partial charge in [0.25, 0.3) is 0 Å². The molecule has 3 rings (SSSR count). The zero-order valence-electron chi connectivity index (χ0n) is 17.9. The number of hydrogen-bond donors (Lipinski definition) is 4. The molecule has 0 aliphatic rings. The summed E-state index contributed by atoms with van der Waals surface area (Å²) in [5.41, 5.74) is 7.68. The topological polar surface area (TPSA) is 148 Å². The Balaban J connectivity index is 1.79. The number of benzene rings is 3. The second-order valence-corrected chi connectivity index (χ2v) is 7.46. The number of nitrogens with two attached hydrogens (primary N) is 1. The fraction of sp³-hybridized carbons (Fsp3) is 0.120. The van der Waals surface area contributed by atoms with Crippen LogP contribution < -0.4 is 21.5 Å². The van der Waals surface area contributed by atoms with Gasteiger partial charge in [-0.1, -0.05) is 54.6 Å². The molecule has 8 heteroatoms. The lowest BCUT2D eigenvalue weighted by molar-refractivity contribution is -0.255. The fourth-order valence-corrected chi connectivity index (χ4v) is 3.30. The minimum atomic E-state index is -1.28. The van der Waals surface area contributed by atoms with E-state index in [-0.39, 0.29) is 11.4 Å². The zero-order chi connectivity index (χ0) is 24.0. The molecule has 2 amide bonds. The van der Waals surface area contributed by atoms with Gasteiger partial charge in [0, 0.05) is 11.3 Å². The van der Waals surface area contributed by atoms with Crippen LogP contribution >= 0.6 is 0 Å². The summed E-state index contributed by atoms with van der Waals surface area (Å²) < 4.78 is 0. The van der Waals surface area contributed by atoms with E-state index in [4.69, 9.17) is 11.1 Å². The van der Waals surface area contributed by atoms with Crippen LogP contribution in [-0.2, 0) is 9.59 Å². The van der Waals surface area contributed by atoms with Crippen molar-refractivity contribution in [2.45, 2.75) is 18.9 Å². The maximum atomic E-state index is 13.2. The number of nitrogen functional groups attached to an aromatic ring is 1. The Morgan fingerprint density at radius 2 is 1.39 bits per heavy atom. The lowest BCUT2D eigenvalue weighted by atomic mass is 9.96. The third-order valence-electron chi connectivity index (χ3n) is 5.13. The molecule has 0 bridgehead atoms. The van der Waals surface area contributed by atoms with Gasteiger partial charge in [0.05, 0.1) is 12.0 Å². The molecule has 0 saturated heterocycles. The number of amides is 2. The summed E-state index contributed by atoms with van der Waals surface area (Å²) in [7, 11) is 0. The van der Waals surface area contributed by atoms with Crippen molar-refractivity contribution in [3.05, 3.63) is 101 Å². The highest BCUT2D eigenvalue weighted by Gasteiger charge is 2.29. The second-order valence-electron chi connectivity index (χ2n) is 7.46. The third kappa shape index (κ3) is 5.82. The van der Waals surface area contributed by atoms with Crippen LogP contribution in [0.5, 0.6) is 0 Å². The molecule has 3 aromatic carbocycles. The Kier molecular flexibility index (Phi) is 7.20. The number of hydrogen-bond acceptors (Lipinski definition) is 5. The van der Waals surface area contributed by atoms with Gasteiger partial charge in [-0.05, 0) is 47.9 Å². The molecule has 2 unspecified atom stereocenters. The Bertz CT molecular complexity index is 1160. The van der Waals surface area contributed by atoms with Gasteiger partial charge >= 0.3 is 0 Å². The molecule has 0 radical (unpaired) electrons. The van der Waals surface area contributed by atoms with E-state index in [0.717, 1.165) is 0 Å². The smallest absolute Gasteiger partial charge is 0.241 e. The summed E-state index contributed by atoms with van der Waals surface area (Å²) >= 11 is 0. The SMILES string of the molecule is CC(NC(=O)C(C(=O)Nc1ccc(C(=N)N)cc1)c1ccccc1)c1ccc(C(=O)[O-])cc1. The van der Waals surface area contributed by atoms with Crippen LogP contribution in [0.3, 0.4) is 0 Å². The van der Waals surface area contributed by atoms with Crippen LogP contribution in [0.15, 0.2) is 78.9 Å². The molecule has 0 aliphatic carbocycles. The molecule has 2 atom stereocenters. The number of aromatic carboxylic acids is 1. The quantitative estimate of drug-likeness (QED) is 0.238. The first-order valence-electron chi connectivity index (χ1n) is 10.2. The van der Waals surface area contributed by atoms with E-state index in [1.807, 2.05) is 0 Å². The first-order chi connectivity index (χ1) is 15.8.